The number of nitro benzene ring substituents is 1. The summed E-state index contributed by atoms with van der Waals surface area (Å²) in [6.45, 7) is 7.48. The number of non-ortho nitro benzene ring substituents is 1. The molecule has 0 radical (unpaired) electrons. The van der Waals surface area contributed by atoms with E-state index < -0.39 is 21.8 Å². The first-order valence-electron chi connectivity index (χ1n) is 10.1. The highest BCUT2D eigenvalue weighted by molar-refractivity contribution is 5.94. The van der Waals surface area contributed by atoms with Crippen molar-refractivity contribution >= 4 is 23.0 Å². The normalized spacial score (nSPS) is 11.6. The fraction of sp³-hybridized carbons (Fsp3) is 0.273. The molecule has 1 amide bonds. The number of amides is 1. The van der Waals surface area contributed by atoms with Crippen molar-refractivity contribution in [2.24, 2.45) is 0 Å². The number of aromatic nitrogens is 2. The van der Waals surface area contributed by atoms with Gasteiger partial charge in [-0.15, -0.1) is 0 Å². The molecule has 0 saturated heterocycles. The molecule has 0 bridgehead atoms. The molecule has 1 atom stereocenters. The fourth-order valence-corrected chi connectivity index (χ4v) is 3.36. The van der Waals surface area contributed by atoms with E-state index in [-0.39, 0.29) is 22.8 Å². The van der Waals surface area contributed by atoms with Crippen molar-refractivity contribution in [3.05, 3.63) is 79.6 Å². The van der Waals surface area contributed by atoms with Crippen LogP contribution in [0.2, 0.25) is 0 Å². The third kappa shape index (κ3) is 5.32. The maximum atomic E-state index is 12.9. The predicted octanol–water partition coefficient (Wildman–Crippen LogP) is 5.01. The van der Waals surface area contributed by atoms with Gasteiger partial charge in [0.2, 0.25) is 5.91 Å². The Balaban J connectivity index is 1.90. The molecule has 0 spiro atoms. The van der Waals surface area contributed by atoms with Gasteiger partial charge in [-0.3, -0.25) is 29.7 Å². The molecule has 33 heavy (non-hydrogen) atoms. The summed E-state index contributed by atoms with van der Waals surface area (Å²) < 4.78 is 7.13. The Kier molecular flexibility index (Phi) is 6.71. The van der Waals surface area contributed by atoms with Gasteiger partial charge in [0.15, 0.2) is 0 Å². The van der Waals surface area contributed by atoms with Crippen LogP contribution in [0.25, 0.3) is 0 Å². The smallest absolute Gasteiger partial charge is 0.307 e. The number of carbonyl (C=O) groups excluding carboxylic acids is 1. The van der Waals surface area contributed by atoms with Gasteiger partial charge in [0.1, 0.15) is 29.9 Å². The monoisotopic (exact) mass is 453 g/mol. The highest BCUT2D eigenvalue weighted by Gasteiger charge is 2.23. The molecule has 3 rings (SSSR count). The van der Waals surface area contributed by atoms with Crippen LogP contribution in [0.3, 0.4) is 0 Å². The number of nitro groups is 2. The average molecular weight is 453 g/mol. The van der Waals surface area contributed by atoms with Gasteiger partial charge in [0, 0.05) is 12.1 Å². The van der Waals surface area contributed by atoms with E-state index in [1.54, 1.807) is 6.92 Å². The van der Waals surface area contributed by atoms with Gasteiger partial charge in [-0.25, -0.2) is 0 Å². The summed E-state index contributed by atoms with van der Waals surface area (Å²) in [5.74, 6) is 0.223. The Morgan fingerprint density at radius 2 is 1.79 bits per heavy atom. The molecular weight excluding hydrogens is 430 g/mol. The summed E-state index contributed by atoms with van der Waals surface area (Å²) >= 11 is 0. The second kappa shape index (κ2) is 9.47. The molecule has 1 N–H and O–H groups in total. The number of ether oxygens (including phenoxy) is 1. The molecule has 1 heterocycles. The molecule has 0 aliphatic carbocycles. The number of rotatable bonds is 8. The minimum absolute atomic E-state index is 0.159. The largest absolute Gasteiger partial charge is 0.457 e. The third-order valence-electron chi connectivity index (χ3n) is 5.17. The second-order valence-electron chi connectivity index (χ2n) is 7.63. The van der Waals surface area contributed by atoms with Crippen LogP contribution in [-0.4, -0.2) is 25.5 Å². The lowest BCUT2D eigenvalue weighted by Crippen LogP contribution is -2.26. The Hall–Kier alpha value is -4.28. The summed E-state index contributed by atoms with van der Waals surface area (Å²) in [6, 6.07) is 6.98. The van der Waals surface area contributed by atoms with Gasteiger partial charge >= 0.3 is 5.69 Å². The number of nitrogens with one attached hydrogen (secondary N) is 1. The Morgan fingerprint density at radius 1 is 1.09 bits per heavy atom. The lowest BCUT2D eigenvalue weighted by Gasteiger charge is -2.16. The quantitative estimate of drug-likeness (QED) is 0.373. The molecule has 1 aromatic heterocycles. The van der Waals surface area contributed by atoms with Crippen LogP contribution in [0.4, 0.5) is 17.1 Å². The van der Waals surface area contributed by atoms with Crippen molar-refractivity contribution in [1.82, 2.24) is 9.78 Å². The van der Waals surface area contributed by atoms with Gasteiger partial charge in [-0.05, 0) is 49.9 Å². The minimum Gasteiger partial charge on any atom is -0.457 e. The second-order valence-corrected chi connectivity index (χ2v) is 7.63. The SMILES string of the molecule is CCC(C(=O)Nc1cc(Oc2cc(C)cc(C)c2C)cc([N+](=O)[O-])c1)n1cc([N+](=O)[O-])cn1. The molecule has 3 aromatic rings. The van der Waals surface area contributed by atoms with Crippen molar-refractivity contribution in [3.8, 4) is 11.5 Å². The summed E-state index contributed by atoms with van der Waals surface area (Å²) in [4.78, 5) is 34.1. The Bertz CT molecular complexity index is 1240. The van der Waals surface area contributed by atoms with Crippen LogP contribution in [0, 0.1) is 41.0 Å². The van der Waals surface area contributed by atoms with Crippen LogP contribution >= 0.6 is 0 Å². The first-order valence-corrected chi connectivity index (χ1v) is 10.1. The van der Waals surface area contributed by atoms with E-state index in [2.05, 4.69) is 10.4 Å². The predicted molar refractivity (Wildman–Crippen MR) is 121 cm³/mol. The fourth-order valence-electron chi connectivity index (χ4n) is 3.36. The van der Waals surface area contributed by atoms with E-state index in [4.69, 9.17) is 4.74 Å². The van der Waals surface area contributed by atoms with Crippen LogP contribution in [-0.2, 0) is 4.79 Å². The molecule has 0 saturated carbocycles. The molecule has 1 unspecified atom stereocenters. The summed E-state index contributed by atoms with van der Waals surface area (Å²) in [6.07, 6.45) is 2.52. The number of aryl methyl sites for hydroxylation is 2. The first-order chi connectivity index (χ1) is 15.6. The van der Waals surface area contributed by atoms with Gasteiger partial charge in [-0.1, -0.05) is 13.0 Å². The number of hydrogen-bond acceptors (Lipinski definition) is 7. The third-order valence-corrected chi connectivity index (χ3v) is 5.17. The van der Waals surface area contributed by atoms with Crippen molar-refractivity contribution in [3.63, 3.8) is 0 Å². The van der Waals surface area contributed by atoms with Crippen molar-refractivity contribution < 1.29 is 19.4 Å². The van der Waals surface area contributed by atoms with E-state index in [0.29, 0.717) is 12.2 Å². The molecule has 0 aliphatic heterocycles. The summed E-state index contributed by atoms with van der Waals surface area (Å²) in [7, 11) is 0. The van der Waals surface area contributed by atoms with E-state index in [0.717, 1.165) is 22.9 Å². The van der Waals surface area contributed by atoms with E-state index in [1.165, 1.54) is 29.1 Å². The van der Waals surface area contributed by atoms with Gasteiger partial charge in [0.25, 0.3) is 5.69 Å². The Labute approximate surface area is 189 Å². The molecule has 2 aromatic carbocycles. The van der Waals surface area contributed by atoms with Crippen LogP contribution in [0.15, 0.2) is 42.7 Å². The number of carbonyl (C=O) groups is 1. The van der Waals surface area contributed by atoms with E-state index >= 15 is 0 Å². The highest BCUT2D eigenvalue weighted by Crippen LogP contribution is 2.33. The standard InChI is InChI=1S/C22H23N5O6/c1-5-20(25-12-18(11-23-25)27(31)32)22(28)24-16-8-17(26(29)30)10-19(9-16)33-21-7-13(2)6-14(3)15(21)4/h6-12,20H,5H2,1-4H3,(H,24,28). The number of hydrogen-bond donors (Lipinski definition) is 1. The van der Waals surface area contributed by atoms with Gasteiger partial charge in [-0.2, -0.15) is 5.10 Å². The highest BCUT2D eigenvalue weighted by atomic mass is 16.6. The van der Waals surface area contributed by atoms with Gasteiger partial charge in [0.05, 0.1) is 21.6 Å². The molecule has 11 nitrogen and oxygen atoms in total. The maximum Gasteiger partial charge on any atom is 0.307 e. The van der Waals surface area contributed by atoms with E-state index in [9.17, 15) is 25.0 Å². The molecule has 11 heteroatoms. The molecule has 172 valence electrons. The maximum absolute atomic E-state index is 12.9. The number of anilines is 1. The topological polar surface area (TPSA) is 142 Å². The van der Waals surface area contributed by atoms with E-state index in [1.807, 2.05) is 32.9 Å². The average Bonchev–Trinajstić information content (AvgIpc) is 3.22. The zero-order chi connectivity index (χ0) is 24.3. The Morgan fingerprint density at radius 3 is 2.39 bits per heavy atom. The molecule has 0 aliphatic rings. The van der Waals surface area contributed by atoms with Crippen LogP contribution in [0.1, 0.15) is 36.1 Å². The van der Waals surface area contributed by atoms with Crippen LogP contribution in [0.5, 0.6) is 11.5 Å². The van der Waals surface area contributed by atoms with Crippen molar-refractivity contribution in [2.45, 2.75) is 40.2 Å². The lowest BCUT2D eigenvalue weighted by atomic mass is 10.1. The minimum atomic E-state index is -0.844. The molecular formula is C22H23N5O6. The van der Waals surface area contributed by atoms with Crippen molar-refractivity contribution in [1.29, 1.82) is 0 Å². The summed E-state index contributed by atoms with van der Waals surface area (Å²) in [5, 5.41) is 28.9. The molecule has 0 fully saturated rings. The zero-order valence-corrected chi connectivity index (χ0v) is 18.6. The zero-order valence-electron chi connectivity index (χ0n) is 18.6. The van der Waals surface area contributed by atoms with Gasteiger partial charge < -0.3 is 10.1 Å². The van der Waals surface area contributed by atoms with Crippen LogP contribution < -0.4 is 10.1 Å². The summed E-state index contributed by atoms with van der Waals surface area (Å²) in [5.41, 5.74) is 2.55. The number of benzene rings is 2. The lowest BCUT2D eigenvalue weighted by molar-refractivity contribution is -0.385. The first kappa shape index (κ1) is 23.4. The van der Waals surface area contributed by atoms with Crippen molar-refractivity contribution in [2.75, 3.05) is 5.32 Å². The number of nitrogens with zero attached hydrogens (tertiary/aromatic N) is 4.